The van der Waals surface area contributed by atoms with Gasteiger partial charge in [-0.2, -0.15) is 0 Å². The summed E-state index contributed by atoms with van der Waals surface area (Å²) in [6.07, 6.45) is 8.65. The Morgan fingerprint density at radius 1 is 1.12 bits per heavy atom. The van der Waals surface area contributed by atoms with Gasteiger partial charge in [-0.15, -0.1) is 0 Å². The zero-order valence-corrected chi connectivity index (χ0v) is 34.4. The van der Waals surface area contributed by atoms with Crippen molar-refractivity contribution in [3.8, 4) is 5.75 Å². The summed E-state index contributed by atoms with van der Waals surface area (Å²) in [6, 6.07) is 3.36. The lowest BCUT2D eigenvalue weighted by Gasteiger charge is -2.42. The molecule has 57 heavy (non-hydrogen) atoms. The molecule has 2 aromatic rings. The summed E-state index contributed by atoms with van der Waals surface area (Å²) in [6.45, 7) is 10.2. The Bertz CT molecular complexity index is 2160. The minimum Gasteiger partial charge on any atom is -0.483 e. The fourth-order valence-corrected chi connectivity index (χ4v) is 9.75. The van der Waals surface area contributed by atoms with Gasteiger partial charge in [0.05, 0.1) is 22.5 Å². The molecule has 6 atom stereocenters. The monoisotopic (exact) mass is 807 g/mol. The van der Waals surface area contributed by atoms with Crippen molar-refractivity contribution in [3.05, 3.63) is 59.3 Å². The Morgan fingerprint density at radius 2 is 1.88 bits per heavy atom. The van der Waals surface area contributed by atoms with E-state index in [1.54, 1.807) is 46.8 Å². The number of carbonyl (C=O) groups excluding carboxylic acids is 4. The summed E-state index contributed by atoms with van der Waals surface area (Å²) in [5.41, 5.74) is -1.54. The highest BCUT2D eigenvalue weighted by molar-refractivity contribution is 7.91. The molecule has 1 saturated carbocycles. The van der Waals surface area contributed by atoms with Crippen LogP contribution in [0.2, 0.25) is 0 Å². The molecule has 13 nitrogen and oxygen atoms in total. The Balaban J connectivity index is 1.27. The first-order valence-corrected chi connectivity index (χ1v) is 21.6. The average Bonchev–Trinajstić information content (AvgIpc) is 3.79. The molecule has 308 valence electrons. The first-order valence-electron chi connectivity index (χ1n) is 20.1. The molecule has 7 rings (SSSR count). The number of carbonyl (C=O) groups is 4. The number of benzene rings is 1. The minimum atomic E-state index is -4.08. The minimum absolute atomic E-state index is 0.144. The molecule has 0 bridgehead atoms. The van der Waals surface area contributed by atoms with E-state index >= 15 is 4.39 Å². The Labute approximate surface area is 333 Å². The van der Waals surface area contributed by atoms with E-state index < -0.39 is 79.5 Å². The number of nitrogens with zero attached hydrogens (tertiary/aromatic N) is 2. The first-order chi connectivity index (χ1) is 26.8. The highest BCUT2D eigenvalue weighted by atomic mass is 32.2. The molecule has 1 saturated heterocycles. The van der Waals surface area contributed by atoms with Crippen LogP contribution >= 0.6 is 0 Å². The number of pyridine rings is 1. The van der Waals surface area contributed by atoms with Crippen LogP contribution in [0.15, 0.2) is 42.5 Å². The summed E-state index contributed by atoms with van der Waals surface area (Å²) >= 11 is 0. The summed E-state index contributed by atoms with van der Waals surface area (Å²) in [4.78, 5) is 62.8. The molecule has 5 aliphatic rings. The smallest absolute Gasteiger partial charge is 0.408 e. The van der Waals surface area contributed by atoms with E-state index in [0.29, 0.717) is 54.3 Å². The third-order valence-corrected chi connectivity index (χ3v) is 14.3. The molecular formula is C42H54FN5O8S. The number of allylic oxidation sites excluding steroid dienone is 1. The van der Waals surface area contributed by atoms with Crippen LogP contribution in [-0.2, 0) is 35.6 Å². The molecule has 2 aliphatic carbocycles. The van der Waals surface area contributed by atoms with E-state index in [1.165, 1.54) is 11.0 Å². The molecular weight excluding hydrogens is 754 g/mol. The number of amides is 4. The number of alkyl halides is 1. The molecule has 1 aromatic carbocycles. The van der Waals surface area contributed by atoms with Crippen molar-refractivity contribution in [2.75, 3.05) is 6.54 Å². The van der Waals surface area contributed by atoms with Crippen molar-refractivity contribution in [1.82, 2.24) is 25.2 Å². The van der Waals surface area contributed by atoms with Crippen molar-refractivity contribution >= 4 is 44.7 Å². The second-order valence-corrected chi connectivity index (χ2v) is 19.9. The van der Waals surface area contributed by atoms with Crippen molar-refractivity contribution < 1.29 is 41.5 Å². The lowest BCUT2D eigenvalue weighted by atomic mass is 9.73. The molecule has 3 aliphatic heterocycles. The number of hydrogen-bond acceptors (Lipinski definition) is 9. The van der Waals surface area contributed by atoms with Gasteiger partial charge < -0.3 is 25.0 Å². The van der Waals surface area contributed by atoms with E-state index in [4.69, 9.17) is 14.5 Å². The van der Waals surface area contributed by atoms with Crippen LogP contribution in [0.25, 0.3) is 10.9 Å². The summed E-state index contributed by atoms with van der Waals surface area (Å²) < 4.78 is 56.9. The number of aromatic nitrogens is 1. The predicted molar refractivity (Wildman–Crippen MR) is 211 cm³/mol. The Morgan fingerprint density at radius 3 is 2.54 bits per heavy atom. The molecule has 6 unspecified atom stereocenters. The van der Waals surface area contributed by atoms with E-state index in [2.05, 4.69) is 15.4 Å². The second-order valence-electron chi connectivity index (χ2n) is 17.7. The van der Waals surface area contributed by atoms with Crippen LogP contribution in [0.4, 0.5) is 9.18 Å². The SMILES string of the molecule is CCc1ccc2nc(C)c3c(c2c1)C(F)CC1(CC2C(=O)NC4(C(=O)NS(=O)(=O)C5(C)CC5)C=CC4C=CCCCCCC(NC(=O)OC(C)(C)C)C(=O)N2C1)O3. The van der Waals surface area contributed by atoms with Crippen LogP contribution in [0.3, 0.4) is 0 Å². The highest BCUT2D eigenvalue weighted by Gasteiger charge is 2.59. The lowest BCUT2D eigenvalue weighted by Crippen LogP contribution is -2.67. The zero-order valence-electron chi connectivity index (χ0n) is 33.6. The van der Waals surface area contributed by atoms with Crippen molar-refractivity contribution in [2.45, 2.75) is 145 Å². The predicted octanol–water partition coefficient (Wildman–Crippen LogP) is 5.69. The highest BCUT2D eigenvalue weighted by Crippen LogP contribution is 2.51. The van der Waals surface area contributed by atoms with E-state index in [1.807, 2.05) is 31.2 Å². The van der Waals surface area contributed by atoms with Crippen LogP contribution in [-0.4, -0.2) is 82.2 Å². The van der Waals surface area contributed by atoms with Crippen molar-refractivity contribution in [2.24, 2.45) is 5.92 Å². The largest absolute Gasteiger partial charge is 0.483 e. The molecule has 2 fully saturated rings. The van der Waals surface area contributed by atoms with Gasteiger partial charge in [0.25, 0.3) is 5.91 Å². The van der Waals surface area contributed by atoms with Crippen LogP contribution < -0.4 is 20.1 Å². The zero-order chi connectivity index (χ0) is 41.1. The van der Waals surface area contributed by atoms with Gasteiger partial charge in [0.15, 0.2) is 0 Å². The maximum absolute atomic E-state index is 16.9. The molecule has 0 radical (unpaired) electrons. The van der Waals surface area contributed by atoms with E-state index in [9.17, 15) is 27.6 Å². The molecule has 1 aromatic heterocycles. The van der Waals surface area contributed by atoms with Crippen molar-refractivity contribution in [1.29, 1.82) is 0 Å². The third kappa shape index (κ3) is 7.75. The van der Waals surface area contributed by atoms with Gasteiger partial charge >= 0.3 is 6.09 Å². The van der Waals surface area contributed by atoms with Gasteiger partial charge in [0.1, 0.15) is 40.7 Å². The number of fused-ring (bicyclic) bond motifs is 5. The summed E-state index contributed by atoms with van der Waals surface area (Å²) in [7, 11) is -4.08. The number of sulfonamides is 1. The normalized spacial score (nSPS) is 29.8. The van der Waals surface area contributed by atoms with Crippen molar-refractivity contribution in [3.63, 3.8) is 0 Å². The number of halogens is 1. The Kier molecular flexibility index (Phi) is 10.5. The quantitative estimate of drug-likeness (QED) is 0.321. The van der Waals surface area contributed by atoms with E-state index in [-0.39, 0.29) is 31.6 Å². The fraction of sp³-hybridized carbons (Fsp3) is 0.595. The molecule has 3 N–H and O–H groups in total. The van der Waals surface area contributed by atoms with E-state index in [0.717, 1.165) is 18.4 Å². The number of alkyl carbamates (subject to hydrolysis) is 1. The molecule has 15 heteroatoms. The molecule has 4 amide bonds. The third-order valence-electron chi connectivity index (χ3n) is 12.1. The maximum atomic E-state index is 16.9. The van der Waals surface area contributed by atoms with Gasteiger partial charge in [-0.25, -0.2) is 22.6 Å². The van der Waals surface area contributed by atoms with Gasteiger partial charge in [0.2, 0.25) is 21.8 Å². The fourth-order valence-electron chi connectivity index (χ4n) is 8.45. The number of rotatable bonds is 5. The summed E-state index contributed by atoms with van der Waals surface area (Å²) in [5, 5.41) is 6.22. The first kappa shape index (κ1) is 40.7. The van der Waals surface area contributed by atoms with Crippen LogP contribution in [0.5, 0.6) is 5.75 Å². The van der Waals surface area contributed by atoms with Gasteiger partial charge in [-0.1, -0.05) is 50.1 Å². The lowest BCUT2D eigenvalue weighted by molar-refractivity contribution is -0.142. The average molecular weight is 808 g/mol. The number of aryl methyl sites for hydroxylation is 2. The van der Waals surface area contributed by atoms with Crippen LogP contribution in [0.1, 0.15) is 115 Å². The standard InChI is InChI=1S/C42H54FN5O8S/c1-7-26-15-16-30-28(21-26)33-29(43)22-41(55-34(33)25(2)44-30)23-32-35(49)46-42(37(51)47-57(53,54)40(6)19-20-40)18-17-27(42)13-11-9-8-10-12-14-31(36(50)48(32)24-41)45-38(52)56-39(3,4)5/h11,13,15-18,21,27,29,31-32H,7-10,12,14,19-20,22-24H2,1-6H3,(H,45,52)(H,46,49)(H,47,51). The molecule has 1 spiro atoms. The van der Waals surface area contributed by atoms with Crippen LogP contribution in [0, 0.1) is 12.8 Å². The van der Waals surface area contributed by atoms with Gasteiger partial charge in [0, 0.05) is 29.7 Å². The number of ether oxygens (including phenoxy) is 2. The second kappa shape index (κ2) is 14.7. The summed E-state index contributed by atoms with van der Waals surface area (Å²) in [5.74, 6) is -2.66. The Hall–Kier alpha value is -4.53. The topological polar surface area (TPSA) is 173 Å². The molecule has 4 heterocycles. The number of hydrogen-bond donors (Lipinski definition) is 3. The van der Waals surface area contributed by atoms with Gasteiger partial charge in [-0.3, -0.25) is 19.1 Å². The van der Waals surface area contributed by atoms with Gasteiger partial charge in [-0.05, 0) is 90.8 Å². The maximum Gasteiger partial charge on any atom is 0.408 e. The number of nitrogens with one attached hydrogen (secondary N) is 3.